The summed E-state index contributed by atoms with van der Waals surface area (Å²) in [6.07, 6.45) is 1.30. The number of nitriles is 1. The summed E-state index contributed by atoms with van der Waals surface area (Å²) in [4.78, 5) is 23.5. The molecular formula is C21H13N2O4-. The van der Waals surface area contributed by atoms with E-state index in [4.69, 9.17) is 4.42 Å². The van der Waals surface area contributed by atoms with Crippen LogP contribution >= 0.6 is 0 Å². The van der Waals surface area contributed by atoms with Gasteiger partial charge < -0.3 is 19.6 Å². The van der Waals surface area contributed by atoms with E-state index >= 15 is 0 Å². The predicted molar refractivity (Wildman–Crippen MR) is 97.1 cm³/mol. The lowest BCUT2D eigenvalue weighted by Crippen LogP contribution is -2.22. The second-order valence-electron chi connectivity index (χ2n) is 5.53. The molecule has 0 saturated heterocycles. The summed E-state index contributed by atoms with van der Waals surface area (Å²) >= 11 is 0. The minimum absolute atomic E-state index is 0.00953. The smallest absolute Gasteiger partial charge is 0.266 e. The first kappa shape index (κ1) is 17.7. The Hall–Kier alpha value is -4.11. The third kappa shape index (κ3) is 4.11. The van der Waals surface area contributed by atoms with Gasteiger partial charge in [0.1, 0.15) is 23.2 Å². The van der Waals surface area contributed by atoms with Crippen LogP contribution in [0.5, 0.6) is 0 Å². The molecule has 0 unspecified atom stereocenters. The second kappa shape index (κ2) is 7.85. The monoisotopic (exact) mass is 357 g/mol. The molecule has 1 aromatic heterocycles. The van der Waals surface area contributed by atoms with Crippen molar-refractivity contribution in [3.8, 4) is 17.4 Å². The number of carboxylic acid groups (broad SMARTS) is 1. The van der Waals surface area contributed by atoms with Crippen LogP contribution in [0.4, 0.5) is 5.69 Å². The van der Waals surface area contributed by atoms with Crippen molar-refractivity contribution in [3.63, 3.8) is 0 Å². The standard InChI is InChI=1S/C21H14N2O4/c22-13-14(20(24)23-15-6-2-1-3-7-15)12-16-10-11-19(27-16)17-8-4-5-9-18(17)21(25)26/h1-12H,(H,23,24)(H,25,26)/p-1/b14-12+. The van der Waals surface area contributed by atoms with Crippen molar-refractivity contribution < 1.29 is 19.1 Å². The summed E-state index contributed by atoms with van der Waals surface area (Å²) in [5, 5.41) is 23.1. The number of hydrogen-bond acceptors (Lipinski definition) is 5. The first-order chi connectivity index (χ1) is 13.1. The molecule has 3 rings (SSSR count). The summed E-state index contributed by atoms with van der Waals surface area (Å²) in [6, 6.07) is 20.0. The zero-order chi connectivity index (χ0) is 19.2. The van der Waals surface area contributed by atoms with E-state index in [9.17, 15) is 20.0 Å². The molecule has 132 valence electrons. The number of benzene rings is 2. The summed E-state index contributed by atoms with van der Waals surface area (Å²) < 4.78 is 5.59. The van der Waals surface area contributed by atoms with Crippen LogP contribution in [0, 0.1) is 11.3 Å². The molecule has 1 N–H and O–H groups in total. The largest absolute Gasteiger partial charge is 0.545 e. The first-order valence-corrected chi connectivity index (χ1v) is 7.97. The molecule has 0 fully saturated rings. The maximum Gasteiger partial charge on any atom is 0.266 e. The van der Waals surface area contributed by atoms with Gasteiger partial charge in [-0.1, -0.05) is 42.5 Å². The van der Waals surface area contributed by atoms with E-state index in [1.807, 2.05) is 12.1 Å². The maximum absolute atomic E-state index is 12.2. The van der Waals surface area contributed by atoms with E-state index in [0.29, 0.717) is 17.0 Å². The zero-order valence-electron chi connectivity index (χ0n) is 14.0. The lowest BCUT2D eigenvalue weighted by Gasteiger charge is -2.07. The van der Waals surface area contributed by atoms with E-state index in [-0.39, 0.29) is 16.9 Å². The molecule has 0 atom stereocenters. The Kier molecular flexibility index (Phi) is 5.15. The van der Waals surface area contributed by atoms with Crippen LogP contribution in [-0.4, -0.2) is 11.9 Å². The number of nitrogens with zero attached hydrogens (tertiary/aromatic N) is 1. The van der Waals surface area contributed by atoms with Gasteiger partial charge in [-0.2, -0.15) is 5.26 Å². The van der Waals surface area contributed by atoms with E-state index in [2.05, 4.69) is 5.32 Å². The fourth-order valence-corrected chi connectivity index (χ4v) is 2.46. The lowest BCUT2D eigenvalue weighted by atomic mass is 10.1. The van der Waals surface area contributed by atoms with Gasteiger partial charge in [-0.25, -0.2) is 0 Å². The molecule has 27 heavy (non-hydrogen) atoms. The topological polar surface area (TPSA) is 106 Å². The average molecular weight is 357 g/mol. The number of carbonyl (C=O) groups excluding carboxylic acids is 2. The van der Waals surface area contributed by atoms with Gasteiger partial charge in [0, 0.05) is 22.9 Å². The van der Waals surface area contributed by atoms with E-state index in [0.717, 1.165) is 0 Å². The number of hydrogen-bond donors (Lipinski definition) is 1. The number of aromatic carboxylic acids is 1. The minimum Gasteiger partial charge on any atom is -0.545 e. The Morgan fingerprint density at radius 2 is 1.70 bits per heavy atom. The molecule has 6 heteroatoms. The molecule has 0 aliphatic carbocycles. The van der Waals surface area contributed by atoms with Gasteiger partial charge in [0.05, 0.1) is 5.97 Å². The molecule has 0 saturated carbocycles. The van der Waals surface area contributed by atoms with Crippen LogP contribution in [0.1, 0.15) is 16.1 Å². The Morgan fingerprint density at radius 1 is 1.00 bits per heavy atom. The number of carbonyl (C=O) groups is 2. The summed E-state index contributed by atoms with van der Waals surface area (Å²) in [7, 11) is 0. The summed E-state index contributed by atoms with van der Waals surface area (Å²) in [6.45, 7) is 0. The van der Waals surface area contributed by atoms with Gasteiger partial charge >= 0.3 is 0 Å². The van der Waals surface area contributed by atoms with Crippen molar-refractivity contribution in [2.45, 2.75) is 0 Å². The van der Waals surface area contributed by atoms with Crippen LogP contribution < -0.4 is 10.4 Å². The molecule has 1 amide bonds. The van der Waals surface area contributed by atoms with Gasteiger partial charge in [-0.3, -0.25) is 4.79 Å². The molecule has 2 aromatic carbocycles. The van der Waals surface area contributed by atoms with Crippen LogP contribution in [0.2, 0.25) is 0 Å². The number of para-hydroxylation sites is 1. The highest BCUT2D eigenvalue weighted by molar-refractivity contribution is 6.09. The Balaban J connectivity index is 1.86. The van der Waals surface area contributed by atoms with Crippen LogP contribution in [0.15, 0.2) is 76.7 Å². The van der Waals surface area contributed by atoms with E-state index in [1.165, 1.54) is 12.1 Å². The number of furan rings is 1. The quantitative estimate of drug-likeness (QED) is 0.558. The van der Waals surface area contributed by atoms with Crippen molar-refractivity contribution in [1.29, 1.82) is 5.26 Å². The molecule has 0 aliphatic rings. The predicted octanol–water partition coefficient (Wildman–Crippen LogP) is 2.86. The molecule has 3 aromatic rings. The van der Waals surface area contributed by atoms with Gasteiger partial charge in [0.25, 0.3) is 5.91 Å². The zero-order valence-corrected chi connectivity index (χ0v) is 14.0. The SMILES string of the molecule is N#C/C(=C\c1ccc(-c2ccccc2C(=O)[O-])o1)C(=O)Nc1ccccc1. The van der Waals surface area contributed by atoms with Crippen molar-refractivity contribution in [3.05, 3.63) is 83.6 Å². The van der Waals surface area contributed by atoms with Crippen molar-refractivity contribution >= 4 is 23.6 Å². The number of nitrogens with one attached hydrogen (secondary N) is 1. The van der Waals surface area contributed by atoms with Gasteiger partial charge in [-0.15, -0.1) is 0 Å². The van der Waals surface area contributed by atoms with Gasteiger partial charge in [-0.05, 0) is 24.3 Å². The maximum atomic E-state index is 12.2. The highest BCUT2D eigenvalue weighted by atomic mass is 16.4. The molecule has 0 bridgehead atoms. The Bertz CT molecular complexity index is 1060. The van der Waals surface area contributed by atoms with Crippen LogP contribution in [0.3, 0.4) is 0 Å². The average Bonchev–Trinajstić information content (AvgIpc) is 3.15. The third-order valence-corrected chi connectivity index (χ3v) is 3.72. The molecule has 0 aliphatic heterocycles. The second-order valence-corrected chi connectivity index (χ2v) is 5.53. The number of carboxylic acids is 1. The Morgan fingerprint density at radius 3 is 2.41 bits per heavy atom. The van der Waals surface area contributed by atoms with Crippen LogP contribution in [0.25, 0.3) is 17.4 Å². The normalized spacial score (nSPS) is 10.9. The van der Waals surface area contributed by atoms with Crippen LogP contribution in [-0.2, 0) is 4.79 Å². The van der Waals surface area contributed by atoms with E-state index in [1.54, 1.807) is 54.6 Å². The number of anilines is 1. The first-order valence-electron chi connectivity index (χ1n) is 7.97. The molecular weight excluding hydrogens is 344 g/mol. The highest BCUT2D eigenvalue weighted by Crippen LogP contribution is 2.26. The number of rotatable bonds is 5. The fourth-order valence-electron chi connectivity index (χ4n) is 2.46. The van der Waals surface area contributed by atoms with Crippen molar-refractivity contribution in [2.75, 3.05) is 5.32 Å². The molecule has 1 heterocycles. The molecule has 0 spiro atoms. The Labute approximate surface area is 155 Å². The van der Waals surface area contributed by atoms with E-state index < -0.39 is 11.9 Å². The highest BCUT2D eigenvalue weighted by Gasteiger charge is 2.13. The third-order valence-electron chi connectivity index (χ3n) is 3.72. The number of amides is 1. The summed E-state index contributed by atoms with van der Waals surface area (Å²) in [5.74, 6) is -1.35. The van der Waals surface area contributed by atoms with Gasteiger partial charge in [0.15, 0.2) is 0 Å². The lowest BCUT2D eigenvalue weighted by molar-refractivity contribution is -0.254. The van der Waals surface area contributed by atoms with Gasteiger partial charge in [0.2, 0.25) is 0 Å². The van der Waals surface area contributed by atoms with Crippen molar-refractivity contribution in [1.82, 2.24) is 0 Å². The minimum atomic E-state index is -1.32. The molecule has 6 nitrogen and oxygen atoms in total. The molecule has 0 radical (unpaired) electrons. The fraction of sp³-hybridized carbons (Fsp3) is 0. The van der Waals surface area contributed by atoms with Crippen molar-refractivity contribution in [2.24, 2.45) is 0 Å². The summed E-state index contributed by atoms with van der Waals surface area (Å²) in [5.41, 5.74) is 0.758.